The fourth-order valence-electron chi connectivity index (χ4n) is 3.00. The van der Waals surface area contributed by atoms with E-state index in [1.54, 1.807) is 30.3 Å². The van der Waals surface area contributed by atoms with Gasteiger partial charge in [-0.2, -0.15) is 0 Å². The van der Waals surface area contributed by atoms with Crippen molar-refractivity contribution in [2.45, 2.75) is 12.8 Å². The minimum Gasteiger partial charge on any atom is -0.456 e. The molecule has 0 saturated carbocycles. The number of amides is 2. The lowest BCUT2D eigenvalue weighted by Gasteiger charge is -2.11. The van der Waals surface area contributed by atoms with Crippen LogP contribution in [0.15, 0.2) is 78.9 Å². The minimum absolute atomic E-state index is 0.0920. The summed E-state index contributed by atoms with van der Waals surface area (Å²) in [6, 6.07) is 23.6. The van der Waals surface area contributed by atoms with Gasteiger partial charge in [-0.1, -0.05) is 60.1 Å². The van der Waals surface area contributed by atoms with E-state index in [2.05, 4.69) is 10.6 Å². The third kappa shape index (κ3) is 6.96. The molecule has 0 saturated heterocycles. The molecule has 3 aromatic rings. The van der Waals surface area contributed by atoms with Crippen LogP contribution in [-0.4, -0.2) is 30.9 Å². The number of carbonyl (C=O) groups excluding carboxylic acids is 3. The van der Waals surface area contributed by atoms with Gasteiger partial charge in [0.25, 0.3) is 11.8 Å². The van der Waals surface area contributed by atoms with Crippen LogP contribution in [-0.2, 0) is 14.3 Å². The molecule has 0 aliphatic rings. The Kier molecular flexibility index (Phi) is 8.40. The van der Waals surface area contributed by atoms with E-state index < -0.39 is 11.9 Å². The normalized spacial score (nSPS) is 10.3. The summed E-state index contributed by atoms with van der Waals surface area (Å²) in [6.45, 7) is -0.0632. The molecule has 0 atom stereocenters. The van der Waals surface area contributed by atoms with Crippen LogP contribution in [0.1, 0.15) is 23.2 Å². The number of para-hydroxylation sites is 1. The lowest BCUT2D eigenvalue weighted by atomic mass is 10.0. The second kappa shape index (κ2) is 11.7. The van der Waals surface area contributed by atoms with Gasteiger partial charge in [-0.25, -0.2) is 0 Å². The molecule has 0 aliphatic heterocycles. The fourth-order valence-corrected chi connectivity index (χ4v) is 3.13. The Morgan fingerprint density at radius 3 is 2.28 bits per heavy atom. The summed E-state index contributed by atoms with van der Waals surface area (Å²) in [5.41, 5.74) is 2.99. The number of rotatable bonds is 9. The maximum absolute atomic E-state index is 12.2. The molecule has 0 fully saturated rings. The highest BCUT2D eigenvalue weighted by Gasteiger charge is 2.11. The SMILES string of the molecule is O=C(COC(=O)CCCNC(=O)c1ccc(Cl)cc1)Nc1ccccc1-c1ccccc1. The second-order valence-electron chi connectivity index (χ2n) is 6.99. The Bertz CT molecular complexity index is 1070. The molecule has 3 rings (SSSR count). The third-order valence-electron chi connectivity index (χ3n) is 4.60. The molecular weight excluding hydrogens is 428 g/mol. The first-order chi connectivity index (χ1) is 15.5. The van der Waals surface area contributed by atoms with Crippen LogP contribution < -0.4 is 10.6 Å². The van der Waals surface area contributed by atoms with Gasteiger partial charge in [0.2, 0.25) is 0 Å². The Balaban J connectivity index is 1.39. The number of benzene rings is 3. The smallest absolute Gasteiger partial charge is 0.306 e. The maximum atomic E-state index is 12.2. The van der Waals surface area contributed by atoms with Gasteiger partial charge in [-0.3, -0.25) is 14.4 Å². The molecule has 32 heavy (non-hydrogen) atoms. The van der Waals surface area contributed by atoms with E-state index >= 15 is 0 Å². The predicted molar refractivity (Wildman–Crippen MR) is 124 cm³/mol. The summed E-state index contributed by atoms with van der Waals surface area (Å²) in [5, 5.41) is 6.06. The molecular formula is C25H23ClN2O4. The molecule has 164 valence electrons. The zero-order valence-corrected chi connectivity index (χ0v) is 18.1. The minimum atomic E-state index is -0.503. The summed E-state index contributed by atoms with van der Waals surface area (Å²) in [4.78, 5) is 36.2. The van der Waals surface area contributed by atoms with E-state index in [9.17, 15) is 14.4 Å². The van der Waals surface area contributed by atoms with Crippen LogP contribution in [0, 0.1) is 0 Å². The molecule has 0 radical (unpaired) electrons. The van der Waals surface area contributed by atoms with Crippen LogP contribution in [0.25, 0.3) is 11.1 Å². The highest BCUT2D eigenvalue weighted by Crippen LogP contribution is 2.27. The van der Waals surface area contributed by atoms with Crippen molar-refractivity contribution in [2.24, 2.45) is 0 Å². The molecule has 0 bridgehead atoms. The zero-order chi connectivity index (χ0) is 22.8. The van der Waals surface area contributed by atoms with Gasteiger partial charge < -0.3 is 15.4 Å². The molecule has 6 nitrogen and oxygen atoms in total. The number of carbonyl (C=O) groups is 3. The molecule has 3 aromatic carbocycles. The predicted octanol–water partition coefficient (Wildman–Crippen LogP) is 4.70. The standard InChI is InChI=1S/C25H23ClN2O4/c26-20-14-12-19(13-15-20)25(31)27-16-6-11-24(30)32-17-23(29)28-22-10-5-4-9-21(22)18-7-2-1-3-8-18/h1-5,7-10,12-15H,6,11,16-17H2,(H,27,31)(H,28,29). The molecule has 0 unspecified atom stereocenters. The first-order valence-electron chi connectivity index (χ1n) is 10.2. The van der Waals surface area contributed by atoms with Gasteiger partial charge >= 0.3 is 5.97 Å². The maximum Gasteiger partial charge on any atom is 0.306 e. The van der Waals surface area contributed by atoms with Crippen LogP contribution in [0.3, 0.4) is 0 Å². The average molecular weight is 451 g/mol. The quantitative estimate of drug-likeness (QED) is 0.365. The molecule has 0 heterocycles. The Morgan fingerprint density at radius 1 is 0.844 bits per heavy atom. The molecule has 0 aliphatic carbocycles. The number of hydrogen-bond acceptors (Lipinski definition) is 4. The van der Waals surface area contributed by atoms with Crippen molar-refractivity contribution in [3.8, 4) is 11.1 Å². The fraction of sp³-hybridized carbons (Fsp3) is 0.160. The van der Waals surface area contributed by atoms with Gasteiger partial charge in [0.15, 0.2) is 6.61 Å². The lowest BCUT2D eigenvalue weighted by molar-refractivity contribution is -0.147. The first kappa shape index (κ1) is 23.0. The van der Waals surface area contributed by atoms with Crippen LogP contribution in [0.5, 0.6) is 0 Å². The van der Waals surface area contributed by atoms with E-state index in [-0.39, 0.29) is 18.9 Å². The summed E-state index contributed by atoms with van der Waals surface area (Å²) >= 11 is 5.80. The summed E-state index contributed by atoms with van der Waals surface area (Å²) in [6.07, 6.45) is 0.491. The average Bonchev–Trinajstić information content (AvgIpc) is 2.82. The Labute approximate surface area is 191 Å². The summed E-state index contributed by atoms with van der Waals surface area (Å²) in [5.74, 6) is -1.17. The van der Waals surface area contributed by atoms with E-state index in [1.807, 2.05) is 48.5 Å². The topological polar surface area (TPSA) is 84.5 Å². The van der Waals surface area contributed by atoms with Gasteiger partial charge in [0.05, 0.1) is 0 Å². The molecule has 2 N–H and O–H groups in total. The molecule has 0 aromatic heterocycles. The Hall–Kier alpha value is -3.64. The third-order valence-corrected chi connectivity index (χ3v) is 4.85. The van der Waals surface area contributed by atoms with Crippen molar-refractivity contribution in [1.29, 1.82) is 0 Å². The number of anilines is 1. The Morgan fingerprint density at radius 2 is 1.53 bits per heavy atom. The summed E-state index contributed by atoms with van der Waals surface area (Å²) < 4.78 is 5.05. The molecule has 2 amide bonds. The largest absolute Gasteiger partial charge is 0.456 e. The number of hydrogen-bond donors (Lipinski definition) is 2. The van der Waals surface area contributed by atoms with Crippen molar-refractivity contribution in [3.05, 3.63) is 89.4 Å². The first-order valence-corrected chi connectivity index (χ1v) is 10.5. The summed E-state index contributed by atoms with van der Waals surface area (Å²) in [7, 11) is 0. The van der Waals surface area contributed by atoms with Crippen molar-refractivity contribution >= 4 is 35.1 Å². The number of esters is 1. The van der Waals surface area contributed by atoms with Crippen LogP contribution >= 0.6 is 11.6 Å². The van der Waals surface area contributed by atoms with E-state index in [0.29, 0.717) is 29.2 Å². The van der Waals surface area contributed by atoms with Gasteiger partial charge in [-0.15, -0.1) is 0 Å². The van der Waals surface area contributed by atoms with E-state index in [1.165, 1.54) is 0 Å². The molecule has 0 spiro atoms. The number of ether oxygens (including phenoxy) is 1. The van der Waals surface area contributed by atoms with Crippen molar-refractivity contribution < 1.29 is 19.1 Å². The number of halogens is 1. The monoisotopic (exact) mass is 450 g/mol. The van der Waals surface area contributed by atoms with Crippen LogP contribution in [0.2, 0.25) is 5.02 Å². The van der Waals surface area contributed by atoms with E-state index in [0.717, 1.165) is 11.1 Å². The van der Waals surface area contributed by atoms with Crippen molar-refractivity contribution in [2.75, 3.05) is 18.5 Å². The highest BCUT2D eigenvalue weighted by atomic mass is 35.5. The van der Waals surface area contributed by atoms with Gasteiger partial charge in [0.1, 0.15) is 0 Å². The van der Waals surface area contributed by atoms with Gasteiger partial charge in [-0.05, 0) is 42.3 Å². The van der Waals surface area contributed by atoms with E-state index in [4.69, 9.17) is 16.3 Å². The van der Waals surface area contributed by atoms with Crippen molar-refractivity contribution in [3.63, 3.8) is 0 Å². The molecule has 7 heteroatoms. The van der Waals surface area contributed by atoms with Crippen LogP contribution in [0.4, 0.5) is 5.69 Å². The zero-order valence-electron chi connectivity index (χ0n) is 17.3. The highest BCUT2D eigenvalue weighted by molar-refractivity contribution is 6.30. The number of nitrogens with one attached hydrogen (secondary N) is 2. The lowest BCUT2D eigenvalue weighted by Crippen LogP contribution is -2.25. The van der Waals surface area contributed by atoms with Crippen molar-refractivity contribution in [1.82, 2.24) is 5.32 Å². The van der Waals surface area contributed by atoms with Gasteiger partial charge in [0, 0.05) is 34.8 Å². The second-order valence-corrected chi connectivity index (χ2v) is 7.42.